The van der Waals surface area contributed by atoms with Crippen LogP contribution in [0, 0.1) is 13.8 Å². The molecule has 1 aliphatic carbocycles. The number of aryl methyl sites for hydroxylation is 2. The third-order valence-electron chi connectivity index (χ3n) is 4.53. The predicted octanol–water partition coefficient (Wildman–Crippen LogP) is -0.322. The summed E-state index contributed by atoms with van der Waals surface area (Å²) in [4.78, 5) is 0. The standard InChI is InChI=1S/C20H17.2ClH.Zr/c1-13-11-18(15-7-3-4-8-15)19-12-16-9-5-6-10-17(16)20(19)14(13)2;;;/h3-7,9-12H,8H2,1-2H3;2*1H;/q-1;;;+3/p-2. The molecule has 0 amide bonds. The molecule has 0 atom stereocenters. The summed E-state index contributed by atoms with van der Waals surface area (Å²) in [5.74, 6) is 0. The fraction of sp³-hybridized carbons (Fsp3) is 0.150. The molecular formula is C20H17Cl2Zr. The number of allylic oxidation sites excluding steroid dienone is 4. The van der Waals surface area contributed by atoms with Crippen LogP contribution in [0.15, 0.2) is 54.6 Å². The maximum atomic E-state index is 2.36. The second-order valence-corrected chi connectivity index (χ2v) is 5.71. The summed E-state index contributed by atoms with van der Waals surface area (Å²) in [7, 11) is 0. The fourth-order valence-corrected chi connectivity index (χ4v) is 3.35. The van der Waals surface area contributed by atoms with E-state index in [1.807, 2.05) is 0 Å². The minimum Gasteiger partial charge on any atom is -1.00 e. The zero-order valence-electron chi connectivity index (χ0n) is 13.2. The van der Waals surface area contributed by atoms with E-state index in [1.54, 1.807) is 0 Å². The summed E-state index contributed by atoms with van der Waals surface area (Å²) in [6.45, 7) is 4.47. The van der Waals surface area contributed by atoms with E-state index in [2.05, 4.69) is 68.5 Å². The van der Waals surface area contributed by atoms with Crippen LogP contribution < -0.4 is 24.8 Å². The zero-order chi connectivity index (χ0) is 13.7. The van der Waals surface area contributed by atoms with Crippen LogP contribution in [-0.4, -0.2) is 0 Å². The number of benzene rings is 2. The Kier molecular flexibility index (Phi) is 6.96. The Hall–Kier alpha value is -0.747. The number of hydrogen-bond acceptors (Lipinski definition) is 0. The van der Waals surface area contributed by atoms with Gasteiger partial charge in [-0.2, -0.15) is 0 Å². The van der Waals surface area contributed by atoms with E-state index in [0.717, 1.165) is 6.42 Å². The number of halogens is 2. The average Bonchev–Trinajstić information content (AvgIpc) is 3.10. The van der Waals surface area contributed by atoms with Crippen LogP contribution >= 0.6 is 0 Å². The molecule has 23 heavy (non-hydrogen) atoms. The van der Waals surface area contributed by atoms with Gasteiger partial charge in [0.1, 0.15) is 0 Å². The van der Waals surface area contributed by atoms with Crippen molar-refractivity contribution in [3.63, 3.8) is 0 Å². The van der Waals surface area contributed by atoms with Crippen LogP contribution in [0.2, 0.25) is 0 Å². The maximum absolute atomic E-state index is 2.36. The number of fused-ring (bicyclic) bond motifs is 3. The first-order chi connectivity index (χ1) is 9.75. The summed E-state index contributed by atoms with van der Waals surface area (Å²) in [6, 6.07) is 13.4. The van der Waals surface area contributed by atoms with Gasteiger partial charge in [0.25, 0.3) is 0 Å². The fourth-order valence-electron chi connectivity index (χ4n) is 3.35. The van der Waals surface area contributed by atoms with E-state index in [0.29, 0.717) is 0 Å². The van der Waals surface area contributed by atoms with Crippen LogP contribution in [0.5, 0.6) is 0 Å². The molecule has 0 aromatic heterocycles. The van der Waals surface area contributed by atoms with Gasteiger partial charge in [0.2, 0.25) is 0 Å². The van der Waals surface area contributed by atoms with Crippen molar-refractivity contribution in [1.82, 2.24) is 0 Å². The Labute approximate surface area is 169 Å². The first-order valence-corrected chi connectivity index (χ1v) is 7.20. The Balaban J connectivity index is 0.000000882. The van der Waals surface area contributed by atoms with E-state index < -0.39 is 0 Å². The number of rotatable bonds is 1. The summed E-state index contributed by atoms with van der Waals surface area (Å²) in [5.41, 5.74) is 5.64. The van der Waals surface area contributed by atoms with Gasteiger partial charge in [0.15, 0.2) is 0 Å². The smallest absolute Gasteiger partial charge is 1.00 e. The van der Waals surface area contributed by atoms with Gasteiger partial charge >= 0.3 is 26.2 Å². The van der Waals surface area contributed by atoms with Crippen LogP contribution in [0.3, 0.4) is 0 Å². The Morgan fingerprint density at radius 3 is 2.48 bits per heavy atom. The van der Waals surface area contributed by atoms with E-state index in [4.69, 9.17) is 0 Å². The molecule has 0 aliphatic heterocycles. The predicted molar refractivity (Wildman–Crippen MR) is 88.3 cm³/mol. The first-order valence-electron chi connectivity index (χ1n) is 7.20. The van der Waals surface area contributed by atoms with Gasteiger partial charge in [-0.25, -0.2) is 0 Å². The minimum atomic E-state index is 0. The van der Waals surface area contributed by atoms with Crippen molar-refractivity contribution in [2.24, 2.45) is 0 Å². The quantitative estimate of drug-likeness (QED) is 0.475. The molecule has 0 saturated heterocycles. The van der Waals surface area contributed by atoms with Gasteiger partial charge in [-0.1, -0.05) is 64.8 Å². The normalized spacial score (nSPS) is 12.5. The van der Waals surface area contributed by atoms with Gasteiger partial charge in [-0.05, 0) is 20.3 Å². The van der Waals surface area contributed by atoms with E-state index in [-0.39, 0.29) is 51.0 Å². The molecule has 3 heteroatoms. The Morgan fingerprint density at radius 1 is 1.04 bits per heavy atom. The molecule has 0 unspecified atom stereocenters. The SMILES string of the molecule is Cc1cc(C2=CC=CC2)c2[cH-]c3ccccc3c2c1C.[Cl-].[Cl-].[Zr+3]. The molecule has 3 aromatic carbocycles. The molecule has 0 bridgehead atoms. The summed E-state index contributed by atoms with van der Waals surface area (Å²) >= 11 is 0. The molecule has 115 valence electrons. The monoisotopic (exact) mass is 417 g/mol. The van der Waals surface area contributed by atoms with Crippen molar-refractivity contribution in [3.05, 3.63) is 71.3 Å². The van der Waals surface area contributed by atoms with Crippen molar-refractivity contribution < 1.29 is 51.0 Å². The van der Waals surface area contributed by atoms with Crippen molar-refractivity contribution in [1.29, 1.82) is 0 Å². The Bertz CT molecular complexity index is 901. The summed E-state index contributed by atoms with van der Waals surface area (Å²) in [6.07, 6.45) is 7.71. The van der Waals surface area contributed by atoms with Crippen LogP contribution in [0.4, 0.5) is 0 Å². The van der Waals surface area contributed by atoms with Gasteiger partial charge < -0.3 is 24.8 Å². The summed E-state index contributed by atoms with van der Waals surface area (Å²) < 4.78 is 0. The molecule has 0 spiro atoms. The topological polar surface area (TPSA) is 0 Å². The zero-order valence-corrected chi connectivity index (χ0v) is 17.1. The third kappa shape index (κ3) is 3.25. The molecule has 0 heterocycles. The minimum absolute atomic E-state index is 0. The van der Waals surface area contributed by atoms with E-state index >= 15 is 0 Å². The molecule has 1 aliphatic rings. The molecule has 0 saturated carbocycles. The molecule has 0 fully saturated rings. The third-order valence-corrected chi connectivity index (χ3v) is 4.53. The van der Waals surface area contributed by atoms with E-state index in [9.17, 15) is 0 Å². The van der Waals surface area contributed by atoms with Crippen molar-refractivity contribution >= 4 is 27.1 Å². The maximum Gasteiger partial charge on any atom is 3.00 e. The van der Waals surface area contributed by atoms with Crippen LogP contribution in [0.1, 0.15) is 23.1 Å². The van der Waals surface area contributed by atoms with Crippen LogP contribution in [0.25, 0.3) is 27.1 Å². The molecule has 4 rings (SSSR count). The van der Waals surface area contributed by atoms with Gasteiger partial charge in [0.05, 0.1) is 0 Å². The molecule has 0 N–H and O–H groups in total. The first kappa shape index (κ1) is 20.3. The second-order valence-electron chi connectivity index (χ2n) is 5.71. The largest absolute Gasteiger partial charge is 3.00 e. The summed E-state index contributed by atoms with van der Waals surface area (Å²) in [5, 5.41) is 5.58. The van der Waals surface area contributed by atoms with E-state index in [1.165, 1.54) is 43.8 Å². The molecule has 0 nitrogen and oxygen atoms in total. The Morgan fingerprint density at radius 2 is 1.78 bits per heavy atom. The van der Waals surface area contributed by atoms with Crippen molar-refractivity contribution in [3.8, 4) is 0 Å². The molecule has 1 radical (unpaired) electrons. The van der Waals surface area contributed by atoms with Crippen molar-refractivity contribution in [2.75, 3.05) is 0 Å². The average molecular weight is 419 g/mol. The molecule has 3 aromatic rings. The molecular weight excluding hydrogens is 402 g/mol. The van der Waals surface area contributed by atoms with Gasteiger partial charge in [-0.3, -0.25) is 0 Å². The second kappa shape index (κ2) is 7.88. The number of hydrogen-bond donors (Lipinski definition) is 0. The van der Waals surface area contributed by atoms with Crippen LogP contribution in [-0.2, 0) is 26.2 Å². The van der Waals surface area contributed by atoms with Gasteiger partial charge in [0, 0.05) is 0 Å². The van der Waals surface area contributed by atoms with Gasteiger partial charge in [-0.15, -0.1) is 33.7 Å². The van der Waals surface area contributed by atoms with Crippen molar-refractivity contribution in [2.45, 2.75) is 20.3 Å².